The second-order valence-electron chi connectivity index (χ2n) is 11.0. The monoisotopic (exact) mass is 600 g/mol. The smallest absolute Gasteiger partial charge is 0.243 e. The number of sulfone groups is 1. The van der Waals surface area contributed by atoms with Crippen LogP contribution >= 0.6 is 0 Å². The van der Waals surface area contributed by atoms with Gasteiger partial charge in [0.25, 0.3) is 0 Å². The molecule has 2 aliphatic rings. The van der Waals surface area contributed by atoms with Crippen LogP contribution in [0.3, 0.4) is 0 Å². The predicted molar refractivity (Wildman–Crippen MR) is 158 cm³/mol. The van der Waals surface area contributed by atoms with Gasteiger partial charge in [0.15, 0.2) is 0 Å². The highest BCUT2D eigenvalue weighted by Gasteiger charge is 2.32. The van der Waals surface area contributed by atoms with Gasteiger partial charge in [0, 0.05) is 32.2 Å². The summed E-state index contributed by atoms with van der Waals surface area (Å²) >= 11 is 0. The first-order valence-electron chi connectivity index (χ1n) is 14.4. The fourth-order valence-corrected chi connectivity index (χ4v) is 8.77. The number of nitrogens with zero attached hydrogens (tertiary/aromatic N) is 4. The third kappa shape index (κ3) is 7.26. The van der Waals surface area contributed by atoms with E-state index in [1.54, 1.807) is 36.5 Å². The molecule has 0 spiro atoms. The molecule has 0 amide bonds. The Morgan fingerprint density at radius 2 is 1.68 bits per heavy atom. The van der Waals surface area contributed by atoms with Gasteiger partial charge in [-0.1, -0.05) is 67.3 Å². The van der Waals surface area contributed by atoms with E-state index in [1.807, 2.05) is 35.8 Å². The first-order chi connectivity index (χ1) is 19.7. The van der Waals surface area contributed by atoms with E-state index >= 15 is 0 Å². The second-order valence-corrected chi connectivity index (χ2v) is 14.9. The number of ether oxygens (including phenoxy) is 1. The molecule has 2 heterocycles. The van der Waals surface area contributed by atoms with Crippen molar-refractivity contribution in [2.24, 2.45) is 0 Å². The summed E-state index contributed by atoms with van der Waals surface area (Å²) in [4.78, 5) is 6.89. The number of benzene rings is 2. The zero-order valence-corrected chi connectivity index (χ0v) is 25.3. The van der Waals surface area contributed by atoms with Gasteiger partial charge in [0.2, 0.25) is 25.0 Å². The lowest BCUT2D eigenvalue weighted by atomic mass is 9.95. The molecule has 2 aromatic carbocycles. The van der Waals surface area contributed by atoms with Crippen LogP contribution in [0.1, 0.15) is 55.0 Å². The van der Waals surface area contributed by atoms with Gasteiger partial charge in [-0.05, 0) is 37.5 Å². The van der Waals surface area contributed by atoms with Crippen LogP contribution in [0.4, 0.5) is 0 Å². The molecule has 11 heteroatoms. The Balaban J connectivity index is 1.50. The summed E-state index contributed by atoms with van der Waals surface area (Å²) in [6.07, 6.45) is 6.37. The lowest BCUT2D eigenvalue weighted by molar-refractivity contribution is 0.0360. The van der Waals surface area contributed by atoms with Crippen LogP contribution in [0.25, 0.3) is 0 Å². The van der Waals surface area contributed by atoms with Crippen LogP contribution in [0, 0.1) is 6.92 Å². The maximum atomic E-state index is 13.9. The summed E-state index contributed by atoms with van der Waals surface area (Å²) in [7, 11) is -7.62. The predicted octanol–water partition coefficient (Wildman–Crippen LogP) is 4.19. The summed E-state index contributed by atoms with van der Waals surface area (Å²) in [5.41, 5.74) is 2.32. The lowest BCUT2D eigenvalue weighted by Gasteiger charge is -2.31. The minimum atomic E-state index is -3.84. The third-order valence-electron chi connectivity index (χ3n) is 7.99. The Kier molecular flexibility index (Phi) is 9.60. The number of morpholine rings is 1. The van der Waals surface area contributed by atoms with Crippen molar-refractivity contribution in [3.63, 3.8) is 0 Å². The van der Waals surface area contributed by atoms with Gasteiger partial charge in [-0.25, -0.2) is 21.8 Å². The summed E-state index contributed by atoms with van der Waals surface area (Å²) in [6, 6.07) is 15.9. The molecule has 1 saturated carbocycles. The minimum absolute atomic E-state index is 0.0335. The number of rotatable bonds is 11. The molecule has 41 heavy (non-hydrogen) atoms. The largest absolute Gasteiger partial charge is 0.379 e. The standard InChI is InChI=1S/C30H40N4O5S2/c1-25-9-8-10-26(21-25)24-40(35,36)30-31-22-28(34(30)27-11-4-2-5-12-27)23-33(16-15-32-17-19-39-20-18-32)41(37,38)29-13-6-3-7-14-29/h3,6-10,13-14,21-22,27H,2,4-5,11-12,15-20,23-24H2,1H3. The summed E-state index contributed by atoms with van der Waals surface area (Å²) in [5.74, 6) is -0.152. The van der Waals surface area contributed by atoms with Gasteiger partial charge in [-0.2, -0.15) is 4.31 Å². The number of hydrogen-bond acceptors (Lipinski definition) is 7. The van der Waals surface area contributed by atoms with Gasteiger partial charge >= 0.3 is 0 Å². The van der Waals surface area contributed by atoms with Crippen molar-refractivity contribution >= 4 is 19.9 Å². The first kappa shape index (κ1) is 29.9. The summed E-state index contributed by atoms with van der Waals surface area (Å²) in [6.45, 7) is 5.58. The van der Waals surface area contributed by atoms with Crippen LogP contribution in [0.5, 0.6) is 0 Å². The molecule has 2 fully saturated rings. The van der Waals surface area contributed by atoms with E-state index in [-0.39, 0.29) is 34.9 Å². The normalized spacial score (nSPS) is 17.7. The van der Waals surface area contributed by atoms with Gasteiger partial charge in [0.05, 0.1) is 42.3 Å². The van der Waals surface area contributed by atoms with Gasteiger partial charge < -0.3 is 9.30 Å². The molecule has 3 aromatic rings. The molecule has 1 saturated heterocycles. The van der Waals surface area contributed by atoms with Gasteiger partial charge in [0.1, 0.15) is 0 Å². The molecule has 0 unspecified atom stereocenters. The number of aromatic nitrogens is 2. The van der Waals surface area contributed by atoms with Crippen molar-refractivity contribution in [2.45, 2.75) is 67.4 Å². The molecule has 5 rings (SSSR count). The van der Waals surface area contributed by atoms with Crippen molar-refractivity contribution < 1.29 is 21.6 Å². The van der Waals surface area contributed by atoms with E-state index in [0.29, 0.717) is 31.0 Å². The van der Waals surface area contributed by atoms with Gasteiger partial charge in [-0.3, -0.25) is 4.90 Å². The quantitative estimate of drug-likeness (QED) is 0.325. The topological polar surface area (TPSA) is 102 Å². The average Bonchev–Trinajstić information content (AvgIpc) is 3.41. The van der Waals surface area contributed by atoms with E-state index < -0.39 is 19.9 Å². The Morgan fingerprint density at radius 3 is 2.39 bits per heavy atom. The van der Waals surface area contributed by atoms with Crippen LogP contribution in [-0.4, -0.2) is 75.0 Å². The molecule has 1 aliphatic carbocycles. The van der Waals surface area contributed by atoms with E-state index in [9.17, 15) is 16.8 Å². The Labute approximate surface area is 244 Å². The molecular weight excluding hydrogens is 560 g/mol. The maximum Gasteiger partial charge on any atom is 0.243 e. The average molecular weight is 601 g/mol. The minimum Gasteiger partial charge on any atom is -0.379 e. The zero-order valence-electron chi connectivity index (χ0n) is 23.7. The van der Waals surface area contributed by atoms with Crippen molar-refractivity contribution in [3.05, 3.63) is 77.6 Å². The lowest BCUT2D eigenvalue weighted by Crippen LogP contribution is -2.43. The molecule has 0 bridgehead atoms. The van der Waals surface area contributed by atoms with Gasteiger partial charge in [-0.15, -0.1) is 0 Å². The van der Waals surface area contributed by atoms with Crippen molar-refractivity contribution in [1.29, 1.82) is 0 Å². The number of hydrogen-bond donors (Lipinski definition) is 0. The Hall–Kier alpha value is -2.57. The SMILES string of the molecule is Cc1cccc(CS(=O)(=O)c2ncc(CN(CCN3CCOCC3)S(=O)(=O)c3ccccc3)n2C2CCCCC2)c1. The highest BCUT2D eigenvalue weighted by Crippen LogP contribution is 2.33. The van der Waals surface area contributed by atoms with E-state index in [0.717, 1.165) is 50.8 Å². The van der Waals surface area contributed by atoms with Crippen LogP contribution in [0.15, 0.2) is 70.8 Å². The molecule has 1 aromatic heterocycles. The maximum absolute atomic E-state index is 13.9. The third-order valence-corrected chi connectivity index (χ3v) is 11.4. The molecule has 1 aliphatic heterocycles. The number of imidazole rings is 1. The van der Waals surface area contributed by atoms with Crippen molar-refractivity contribution in [2.75, 3.05) is 39.4 Å². The number of sulfonamides is 1. The molecule has 9 nitrogen and oxygen atoms in total. The summed E-state index contributed by atoms with van der Waals surface area (Å²) < 4.78 is 64.2. The van der Waals surface area contributed by atoms with Crippen molar-refractivity contribution in [1.82, 2.24) is 18.8 Å². The highest BCUT2D eigenvalue weighted by molar-refractivity contribution is 7.90. The van der Waals surface area contributed by atoms with Crippen LogP contribution in [-0.2, 0) is 36.9 Å². The highest BCUT2D eigenvalue weighted by atomic mass is 32.2. The van der Waals surface area contributed by atoms with E-state index in [2.05, 4.69) is 9.88 Å². The molecule has 0 atom stereocenters. The molecule has 0 radical (unpaired) electrons. The first-order valence-corrected chi connectivity index (χ1v) is 17.5. The van der Waals surface area contributed by atoms with E-state index in [4.69, 9.17) is 4.74 Å². The molecule has 222 valence electrons. The van der Waals surface area contributed by atoms with E-state index in [1.165, 1.54) is 4.31 Å². The van der Waals surface area contributed by atoms with Crippen LogP contribution < -0.4 is 0 Å². The number of aryl methyl sites for hydroxylation is 1. The summed E-state index contributed by atoms with van der Waals surface area (Å²) in [5, 5.41) is 0.0335. The van der Waals surface area contributed by atoms with Crippen molar-refractivity contribution in [3.8, 4) is 0 Å². The fraction of sp³-hybridized carbons (Fsp3) is 0.500. The Bertz CT molecular complexity index is 1510. The molecule has 0 N–H and O–H groups in total. The zero-order chi connectivity index (χ0) is 28.9. The Morgan fingerprint density at radius 1 is 0.951 bits per heavy atom. The molecular formula is C30H40N4O5S2. The second kappa shape index (κ2) is 13.2. The fourth-order valence-electron chi connectivity index (χ4n) is 5.82. The van der Waals surface area contributed by atoms with Crippen LogP contribution in [0.2, 0.25) is 0 Å².